The molecule has 0 heterocycles. The van der Waals surface area contributed by atoms with Crippen LogP contribution in [0, 0.1) is 0 Å². The van der Waals surface area contributed by atoms with Crippen molar-refractivity contribution in [2.75, 3.05) is 7.11 Å². The van der Waals surface area contributed by atoms with Crippen LogP contribution in [0.1, 0.15) is 11.1 Å². The van der Waals surface area contributed by atoms with Crippen molar-refractivity contribution in [3.8, 4) is 5.75 Å². The van der Waals surface area contributed by atoms with Gasteiger partial charge >= 0.3 is 0 Å². The molecule has 4 nitrogen and oxygen atoms in total. The third-order valence-electron chi connectivity index (χ3n) is 3.90. The van der Waals surface area contributed by atoms with Gasteiger partial charge in [-0.15, -0.1) is 0 Å². The molecule has 0 saturated heterocycles. The molecule has 0 aliphatic rings. The molecule has 1 amide bonds. The largest absolute Gasteiger partial charge is 0.496 e. The van der Waals surface area contributed by atoms with E-state index >= 15 is 0 Å². The molecule has 0 aliphatic carbocycles. The van der Waals surface area contributed by atoms with Crippen LogP contribution >= 0.6 is 31.9 Å². The number of halogens is 2. The average Bonchev–Trinajstić information content (AvgIpc) is 2.64. The smallest absolute Gasteiger partial charge is 0.244 e. The number of carbonyl (C=O) groups excluding carboxylic acids is 1. The molecule has 0 aromatic heterocycles. The summed E-state index contributed by atoms with van der Waals surface area (Å²) in [6, 6.07) is 17.5. The summed E-state index contributed by atoms with van der Waals surface area (Å²) in [6.45, 7) is 0. The van der Waals surface area contributed by atoms with Crippen LogP contribution in [0.25, 0.3) is 10.8 Å². The lowest BCUT2D eigenvalue weighted by Gasteiger charge is -2.08. The van der Waals surface area contributed by atoms with E-state index in [0.29, 0.717) is 5.75 Å². The van der Waals surface area contributed by atoms with Gasteiger partial charge in [0.15, 0.2) is 0 Å². The number of hydrazone groups is 1. The van der Waals surface area contributed by atoms with Crippen molar-refractivity contribution in [3.63, 3.8) is 0 Å². The number of hydrogen-bond acceptors (Lipinski definition) is 3. The maximum atomic E-state index is 12.3. The molecule has 0 unspecified atom stereocenters. The molecule has 0 atom stereocenters. The fraction of sp³-hybridized carbons (Fsp3) is 0.100. The first-order chi connectivity index (χ1) is 12.6. The van der Waals surface area contributed by atoms with Gasteiger partial charge in [-0.3, -0.25) is 4.79 Å². The number of amides is 1. The number of nitrogens with zero attached hydrogens (tertiary/aromatic N) is 1. The Bertz CT molecular complexity index is 987. The third kappa shape index (κ3) is 4.31. The second-order valence-electron chi connectivity index (χ2n) is 5.61. The zero-order valence-corrected chi connectivity index (χ0v) is 17.2. The van der Waals surface area contributed by atoms with Crippen LogP contribution in [-0.4, -0.2) is 19.2 Å². The summed E-state index contributed by atoms with van der Waals surface area (Å²) in [5.41, 5.74) is 4.31. The predicted octanol–water partition coefficient (Wildman–Crippen LogP) is 5.07. The molecule has 6 heteroatoms. The number of fused-ring (bicyclic) bond motifs is 1. The topological polar surface area (TPSA) is 50.7 Å². The molecule has 3 aromatic carbocycles. The molecule has 1 N–H and O–H groups in total. The lowest BCUT2D eigenvalue weighted by Crippen LogP contribution is -2.20. The van der Waals surface area contributed by atoms with Gasteiger partial charge in [0, 0.05) is 14.5 Å². The van der Waals surface area contributed by atoms with Gasteiger partial charge in [0.1, 0.15) is 5.75 Å². The quantitative estimate of drug-likeness (QED) is 0.414. The lowest BCUT2D eigenvalue weighted by molar-refractivity contribution is -0.120. The third-order valence-corrected chi connectivity index (χ3v) is 5.08. The first-order valence-electron chi connectivity index (χ1n) is 7.90. The van der Waals surface area contributed by atoms with Crippen molar-refractivity contribution in [3.05, 3.63) is 74.7 Å². The maximum Gasteiger partial charge on any atom is 0.244 e. The van der Waals surface area contributed by atoms with Crippen LogP contribution in [0.2, 0.25) is 0 Å². The van der Waals surface area contributed by atoms with Crippen LogP contribution in [0.15, 0.2) is 68.6 Å². The van der Waals surface area contributed by atoms with E-state index < -0.39 is 0 Å². The van der Waals surface area contributed by atoms with Crippen molar-refractivity contribution in [1.82, 2.24) is 5.43 Å². The van der Waals surface area contributed by atoms with Crippen LogP contribution in [0.3, 0.4) is 0 Å². The van der Waals surface area contributed by atoms with Gasteiger partial charge in [0.25, 0.3) is 0 Å². The zero-order valence-electron chi connectivity index (χ0n) is 14.0. The number of nitrogens with one attached hydrogen (secondary N) is 1. The molecular weight excluding hydrogens is 460 g/mol. The monoisotopic (exact) mass is 474 g/mol. The number of ether oxygens (including phenoxy) is 1. The summed E-state index contributed by atoms with van der Waals surface area (Å²) >= 11 is 6.96. The SMILES string of the molecule is COc1ccc(Br)cc1C=NNC(=O)Cc1ccc(Br)c2ccccc12. The Morgan fingerprint density at radius 3 is 2.65 bits per heavy atom. The molecule has 26 heavy (non-hydrogen) atoms. The van der Waals surface area contributed by atoms with Crippen molar-refractivity contribution in [2.24, 2.45) is 5.10 Å². The van der Waals surface area contributed by atoms with Gasteiger partial charge < -0.3 is 4.74 Å². The van der Waals surface area contributed by atoms with Crippen molar-refractivity contribution >= 4 is 54.8 Å². The molecule has 3 aromatic rings. The van der Waals surface area contributed by atoms with E-state index in [1.807, 2.05) is 54.6 Å². The summed E-state index contributed by atoms with van der Waals surface area (Å²) in [6.07, 6.45) is 1.82. The Labute approximate surface area is 168 Å². The Hall–Kier alpha value is -2.18. The highest BCUT2D eigenvalue weighted by Crippen LogP contribution is 2.27. The average molecular weight is 476 g/mol. The highest BCUT2D eigenvalue weighted by Gasteiger charge is 2.08. The molecule has 0 spiro atoms. The second kappa shape index (κ2) is 8.47. The molecule has 0 aliphatic heterocycles. The minimum atomic E-state index is -0.178. The maximum absolute atomic E-state index is 12.3. The number of carbonyl (C=O) groups is 1. The highest BCUT2D eigenvalue weighted by molar-refractivity contribution is 9.11. The fourth-order valence-corrected chi connectivity index (χ4v) is 3.53. The van der Waals surface area contributed by atoms with Gasteiger partial charge in [-0.25, -0.2) is 5.43 Å². The first-order valence-corrected chi connectivity index (χ1v) is 9.48. The Kier molecular flexibility index (Phi) is 6.06. The van der Waals surface area contributed by atoms with E-state index in [-0.39, 0.29) is 12.3 Å². The van der Waals surface area contributed by atoms with Crippen LogP contribution in [0.4, 0.5) is 0 Å². The van der Waals surface area contributed by atoms with E-state index in [4.69, 9.17) is 4.74 Å². The van der Waals surface area contributed by atoms with Gasteiger partial charge in [-0.1, -0.05) is 62.2 Å². The molecule has 3 rings (SSSR count). The molecule has 0 bridgehead atoms. The normalized spacial score (nSPS) is 11.0. The summed E-state index contributed by atoms with van der Waals surface area (Å²) in [5, 5.41) is 6.18. The predicted molar refractivity (Wildman–Crippen MR) is 112 cm³/mol. The molecular formula is C20H16Br2N2O2. The minimum Gasteiger partial charge on any atom is -0.496 e. The Morgan fingerprint density at radius 1 is 1.12 bits per heavy atom. The Balaban J connectivity index is 1.72. The van der Waals surface area contributed by atoms with Crippen molar-refractivity contribution < 1.29 is 9.53 Å². The van der Waals surface area contributed by atoms with E-state index in [1.54, 1.807) is 13.3 Å². The zero-order chi connectivity index (χ0) is 18.5. The number of methoxy groups -OCH3 is 1. The Morgan fingerprint density at radius 2 is 1.88 bits per heavy atom. The van der Waals surface area contributed by atoms with Gasteiger partial charge in [0.05, 0.1) is 19.7 Å². The standard InChI is InChI=1S/C20H16Br2N2O2/c1-26-19-9-7-15(21)10-14(19)12-23-24-20(25)11-13-6-8-18(22)17-5-3-2-4-16(13)17/h2-10,12H,11H2,1H3,(H,24,25). The summed E-state index contributed by atoms with van der Waals surface area (Å²) in [4.78, 5) is 12.3. The summed E-state index contributed by atoms with van der Waals surface area (Å²) in [5.74, 6) is 0.507. The lowest BCUT2D eigenvalue weighted by atomic mass is 10.0. The van der Waals surface area contributed by atoms with E-state index in [0.717, 1.165) is 30.8 Å². The van der Waals surface area contributed by atoms with E-state index in [9.17, 15) is 4.79 Å². The van der Waals surface area contributed by atoms with Crippen LogP contribution in [-0.2, 0) is 11.2 Å². The highest BCUT2D eigenvalue weighted by atomic mass is 79.9. The second-order valence-corrected chi connectivity index (χ2v) is 7.38. The van der Waals surface area contributed by atoms with Gasteiger partial charge in [0.2, 0.25) is 5.91 Å². The fourth-order valence-electron chi connectivity index (χ4n) is 2.67. The van der Waals surface area contributed by atoms with E-state index in [2.05, 4.69) is 42.4 Å². The van der Waals surface area contributed by atoms with Crippen LogP contribution < -0.4 is 10.2 Å². The van der Waals surface area contributed by atoms with Gasteiger partial charge in [-0.05, 0) is 40.6 Å². The number of hydrogen-bond donors (Lipinski definition) is 1. The summed E-state index contributed by atoms with van der Waals surface area (Å²) < 4.78 is 7.20. The number of rotatable bonds is 5. The minimum absolute atomic E-state index is 0.178. The van der Waals surface area contributed by atoms with Crippen molar-refractivity contribution in [2.45, 2.75) is 6.42 Å². The molecule has 132 valence electrons. The molecule has 0 fully saturated rings. The van der Waals surface area contributed by atoms with Crippen molar-refractivity contribution in [1.29, 1.82) is 0 Å². The molecule has 0 saturated carbocycles. The number of benzene rings is 3. The molecule has 0 radical (unpaired) electrons. The first kappa shape index (κ1) is 18.6. The van der Waals surface area contributed by atoms with E-state index in [1.165, 1.54) is 0 Å². The van der Waals surface area contributed by atoms with Gasteiger partial charge in [-0.2, -0.15) is 5.10 Å². The summed E-state index contributed by atoms with van der Waals surface area (Å²) in [7, 11) is 1.60. The van der Waals surface area contributed by atoms with Crippen LogP contribution in [0.5, 0.6) is 5.75 Å².